The van der Waals surface area contributed by atoms with Gasteiger partial charge in [-0.2, -0.15) is 0 Å². The summed E-state index contributed by atoms with van der Waals surface area (Å²) in [7, 11) is -1.56. The molecule has 7 heteroatoms. The van der Waals surface area contributed by atoms with Crippen molar-refractivity contribution in [3.8, 4) is 0 Å². The first-order valence-electron chi connectivity index (χ1n) is 9.08. The summed E-state index contributed by atoms with van der Waals surface area (Å²) in [5.41, 5.74) is 1.13. The number of benzene rings is 1. The maximum absolute atomic E-state index is 12.7. The second-order valence-corrected chi connectivity index (χ2v) is 9.02. The molecule has 2 heterocycles. The maximum atomic E-state index is 12.7. The van der Waals surface area contributed by atoms with E-state index in [9.17, 15) is 8.42 Å². The van der Waals surface area contributed by atoms with Crippen LogP contribution in [0.1, 0.15) is 37.4 Å². The van der Waals surface area contributed by atoms with Crippen molar-refractivity contribution in [2.45, 2.75) is 36.6 Å². The molecule has 0 spiro atoms. The molecule has 1 aliphatic rings. The van der Waals surface area contributed by atoms with Gasteiger partial charge in [0.25, 0.3) is 0 Å². The fraction of sp³-hybridized carbons (Fsp3) is 0.474. The van der Waals surface area contributed by atoms with Crippen LogP contribution in [-0.2, 0) is 17.1 Å². The molecule has 2 aromatic rings. The lowest BCUT2D eigenvalue weighted by Crippen LogP contribution is -2.39. The molecule has 0 radical (unpaired) electrons. The van der Waals surface area contributed by atoms with E-state index in [2.05, 4.69) is 20.3 Å². The number of aryl methyl sites for hydroxylation is 1. The molecule has 26 heavy (non-hydrogen) atoms. The number of hydrogen-bond acceptors (Lipinski definition) is 3. The minimum Gasteiger partial charge on any atom is -0.353 e. The van der Waals surface area contributed by atoms with Gasteiger partial charge in [0.15, 0.2) is 0 Å². The van der Waals surface area contributed by atoms with Crippen molar-refractivity contribution in [3.63, 3.8) is 0 Å². The highest BCUT2D eigenvalue weighted by atomic mass is 35.5. The number of likely N-dealkylation sites (tertiary alicyclic amines) is 1. The van der Waals surface area contributed by atoms with Gasteiger partial charge in [0.2, 0.25) is 10.0 Å². The number of sulfonamides is 1. The van der Waals surface area contributed by atoms with Crippen LogP contribution in [0.2, 0.25) is 5.02 Å². The third-order valence-electron chi connectivity index (χ3n) is 5.00. The second kappa shape index (κ2) is 8.57. The van der Waals surface area contributed by atoms with E-state index < -0.39 is 10.0 Å². The molecule has 1 atom stereocenters. The van der Waals surface area contributed by atoms with Crippen molar-refractivity contribution in [3.05, 3.63) is 53.3 Å². The van der Waals surface area contributed by atoms with Gasteiger partial charge in [-0.25, -0.2) is 13.1 Å². The first-order valence-corrected chi connectivity index (χ1v) is 10.9. The molecule has 1 aromatic heterocycles. The molecule has 0 saturated carbocycles. The van der Waals surface area contributed by atoms with E-state index in [1.54, 1.807) is 12.1 Å². The van der Waals surface area contributed by atoms with Gasteiger partial charge in [-0.05, 0) is 62.3 Å². The Kier molecular flexibility index (Phi) is 6.40. The number of hydrogen-bond donors (Lipinski definition) is 1. The summed E-state index contributed by atoms with van der Waals surface area (Å²) in [5, 5.41) is 0.523. The molecule has 0 aliphatic carbocycles. The smallest absolute Gasteiger partial charge is 0.240 e. The van der Waals surface area contributed by atoms with Crippen molar-refractivity contribution in [2.24, 2.45) is 7.05 Å². The van der Waals surface area contributed by atoms with Crippen LogP contribution >= 0.6 is 11.6 Å². The monoisotopic (exact) mass is 395 g/mol. The lowest BCUT2D eigenvalue weighted by Gasteiger charge is -2.31. The fourth-order valence-corrected chi connectivity index (χ4v) is 4.70. The van der Waals surface area contributed by atoms with Crippen molar-refractivity contribution in [2.75, 3.05) is 19.6 Å². The van der Waals surface area contributed by atoms with Gasteiger partial charge in [0.1, 0.15) is 0 Å². The largest absolute Gasteiger partial charge is 0.353 e. The SMILES string of the molecule is Cn1cccc1C(CNS(=O)(=O)c1ccc(Cl)cc1)N1CCCCCC1. The third-order valence-corrected chi connectivity index (χ3v) is 6.69. The average molecular weight is 396 g/mol. The molecule has 3 rings (SSSR count). The summed E-state index contributed by atoms with van der Waals surface area (Å²) < 4.78 is 30.2. The summed E-state index contributed by atoms with van der Waals surface area (Å²) in [4.78, 5) is 2.65. The van der Waals surface area contributed by atoms with Gasteiger partial charge in [0.05, 0.1) is 10.9 Å². The summed E-state index contributed by atoms with van der Waals surface area (Å²) in [6.07, 6.45) is 6.81. The topological polar surface area (TPSA) is 54.3 Å². The van der Waals surface area contributed by atoms with E-state index in [0.29, 0.717) is 11.6 Å². The lowest BCUT2D eigenvalue weighted by molar-refractivity contribution is 0.199. The van der Waals surface area contributed by atoms with E-state index in [4.69, 9.17) is 11.6 Å². The molecule has 1 aliphatic heterocycles. The van der Waals surface area contributed by atoms with Crippen molar-refractivity contribution >= 4 is 21.6 Å². The number of nitrogens with one attached hydrogen (secondary N) is 1. The molecule has 1 fully saturated rings. The molecule has 1 unspecified atom stereocenters. The van der Waals surface area contributed by atoms with E-state index in [0.717, 1.165) is 31.6 Å². The Morgan fingerprint density at radius 3 is 2.31 bits per heavy atom. The normalized spacial score (nSPS) is 17.8. The number of nitrogens with zero attached hydrogens (tertiary/aromatic N) is 2. The van der Waals surface area contributed by atoms with E-state index in [-0.39, 0.29) is 10.9 Å². The van der Waals surface area contributed by atoms with Crippen molar-refractivity contribution in [1.82, 2.24) is 14.2 Å². The number of rotatable bonds is 6. The minimum atomic E-state index is -3.57. The van der Waals surface area contributed by atoms with Gasteiger partial charge in [-0.1, -0.05) is 24.4 Å². The Morgan fingerprint density at radius 1 is 1.08 bits per heavy atom. The summed E-state index contributed by atoms with van der Waals surface area (Å²) in [5.74, 6) is 0. The first kappa shape index (κ1) is 19.4. The Bertz CT molecular complexity index is 810. The van der Waals surface area contributed by atoms with Gasteiger partial charge in [0, 0.05) is 30.5 Å². The fourth-order valence-electron chi connectivity index (χ4n) is 3.53. The predicted molar refractivity (Wildman–Crippen MR) is 105 cm³/mol. The number of halogens is 1. The third kappa shape index (κ3) is 4.68. The first-order chi connectivity index (χ1) is 12.5. The summed E-state index contributed by atoms with van der Waals surface area (Å²) in [6.45, 7) is 2.35. The van der Waals surface area contributed by atoms with E-state index in [1.807, 2.05) is 19.3 Å². The van der Waals surface area contributed by atoms with Crippen LogP contribution in [0.15, 0.2) is 47.5 Å². The molecule has 5 nitrogen and oxygen atoms in total. The van der Waals surface area contributed by atoms with Crippen LogP contribution in [0.5, 0.6) is 0 Å². The Balaban J connectivity index is 1.79. The van der Waals surface area contributed by atoms with Crippen LogP contribution in [0.4, 0.5) is 0 Å². The summed E-state index contributed by atoms with van der Waals surface area (Å²) in [6, 6.07) is 10.4. The highest BCUT2D eigenvalue weighted by Crippen LogP contribution is 2.25. The second-order valence-electron chi connectivity index (χ2n) is 6.82. The molecular weight excluding hydrogens is 370 g/mol. The predicted octanol–water partition coefficient (Wildman–Crippen LogP) is 3.57. The van der Waals surface area contributed by atoms with Crippen LogP contribution < -0.4 is 4.72 Å². The molecule has 1 saturated heterocycles. The van der Waals surface area contributed by atoms with Crippen molar-refractivity contribution in [1.29, 1.82) is 0 Å². The highest BCUT2D eigenvalue weighted by molar-refractivity contribution is 7.89. The quantitative estimate of drug-likeness (QED) is 0.813. The molecule has 142 valence electrons. The molecule has 1 N–H and O–H groups in total. The van der Waals surface area contributed by atoms with Crippen LogP contribution in [0, 0.1) is 0 Å². The van der Waals surface area contributed by atoms with Gasteiger partial charge >= 0.3 is 0 Å². The van der Waals surface area contributed by atoms with E-state index in [1.165, 1.54) is 25.0 Å². The Morgan fingerprint density at radius 2 is 1.73 bits per heavy atom. The average Bonchev–Trinajstić information content (AvgIpc) is 2.86. The number of aromatic nitrogens is 1. The molecule has 1 aromatic carbocycles. The molecular formula is C19H26ClN3O2S. The van der Waals surface area contributed by atoms with Crippen LogP contribution in [0.25, 0.3) is 0 Å². The Hall–Kier alpha value is -1.34. The zero-order valence-corrected chi connectivity index (χ0v) is 16.6. The zero-order valence-electron chi connectivity index (χ0n) is 15.1. The minimum absolute atomic E-state index is 0.0233. The lowest BCUT2D eigenvalue weighted by atomic mass is 10.1. The summed E-state index contributed by atoms with van der Waals surface area (Å²) >= 11 is 5.87. The van der Waals surface area contributed by atoms with Gasteiger partial charge in [-0.15, -0.1) is 0 Å². The van der Waals surface area contributed by atoms with Crippen LogP contribution in [-0.4, -0.2) is 37.5 Å². The molecule has 0 bridgehead atoms. The van der Waals surface area contributed by atoms with Gasteiger partial charge < -0.3 is 4.57 Å². The zero-order chi connectivity index (χ0) is 18.6. The Labute approximate surface area is 161 Å². The van der Waals surface area contributed by atoms with Gasteiger partial charge in [-0.3, -0.25) is 4.90 Å². The van der Waals surface area contributed by atoms with E-state index >= 15 is 0 Å². The van der Waals surface area contributed by atoms with Crippen LogP contribution in [0.3, 0.4) is 0 Å². The van der Waals surface area contributed by atoms with Crippen molar-refractivity contribution < 1.29 is 8.42 Å². The standard InChI is InChI=1S/C19H26ClN3O2S/c1-22-12-6-7-18(22)19(23-13-4-2-3-5-14-23)15-21-26(24,25)17-10-8-16(20)9-11-17/h6-12,19,21H,2-5,13-15H2,1H3. The molecule has 0 amide bonds. The highest BCUT2D eigenvalue weighted by Gasteiger charge is 2.25. The maximum Gasteiger partial charge on any atom is 0.240 e.